The zero-order chi connectivity index (χ0) is 30.5. The Morgan fingerprint density at radius 3 is 2.52 bits per heavy atom. The number of ether oxygens (including phenoxy) is 2. The summed E-state index contributed by atoms with van der Waals surface area (Å²) in [7, 11) is 1.59. The van der Waals surface area contributed by atoms with E-state index in [9.17, 15) is 9.59 Å². The average Bonchev–Trinajstić information content (AvgIpc) is 3.52. The Hall–Kier alpha value is -5.55. The third-order valence-electron chi connectivity index (χ3n) is 7.14. The lowest BCUT2D eigenvalue weighted by atomic mass is 9.98. The number of rotatable bonds is 10. The van der Waals surface area contributed by atoms with Gasteiger partial charge in [-0.25, -0.2) is 9.78 Å². The van der Waals surface area contributed by atoms with Gasteiger partial charge in [0.2, 0.25) is 0 Å². The fourth-order valence-electron chi connectivity index (χ4n) is 5.05. The highest BCUT2D eigenvalue weighted by Crippen LogP contribution is 2.31. The minimum atomic E-state index is -0.551. The summed E-state index contributed by atoms with van der Waals surface area (Å²) in [6.45, 7) is 2.63. The standard InChI is InChI=1S/C33H29N7O4/c1-3-7-30-35-29-16-15-25(44-33(42)24-8-6-17-34-19-24)18-28(29)32(41)39(30)20-22-11-13-23(14-12-22)26-9-4-5-10-27(26)31-36-37-38-40(31)21-43-2/h4-6,8-19H,3,7,20-21H2,1-2H3. The number of esters is 1. The Kier molecular flexibility index (Phi) is 8.28. The van der Waals surface area contributed by atoms with Crippen LogP contribution < -0.4 is 10.3 Å². The Labute approximate surface area is 252 Å². The first kappa shape index (κ1) is 28.6. The number of pyridine rings is 1. The normalized spacial score (nSPS) is 11.1. The van der Waals surface area contributed by atoms with Gasteiger partial charge in [0, 0.05) is 31.5 Å². The number of nitrogens with zero attached hydrogens (tertiary/aromatic N) is 7. The van der Waals surface area contributed by atoms with Gasteiger partial charge in [0.15, 0.2) is 5.82 Å². The molecule has 0 amide bonds. The van der Waals surface area contributed by atoms with Gasteiger partial charge in [-0.15, -0.1) is 5.10 Å². The van der Waals surface area contributed by atoms with Gasteiger partial charge in [-0.05, 0) is 63.9 Å². The maximum atomic E-state index is 13.8. The zero-order valence-corrected chi connectivity index (χ0v) is 24.3. The molecule has 0 aliphatic heterocycles. The van der Waals surface area contributed by atoms with Gasteiger partial charge in [-0.2, -0.15) is 4.68 Å². The van der Waals surface area contributed by atoms with Crippen LogP contribution in [0.2, 0.25) is 0 Å². The molecule has 3 heterocycles. The van der Waals surface area contributed by atoms with Gasteiger partial charge >= 0.3 is 5.97 Å². The van der Waals surface area contributed by atoms with E-state index in [0.29, 0.717) is 41.1 Å². The van der Waals surface area contributed by atoms with E-state index in [0.717, 1.165) is 28.7 Å². The summed E-state index contributed by atoms with van der Waals surface area (Å²) in [4.78, 5) is 35.2. The molecule has 3 aromatic carbocycles. The van der Waals surface area contributed by atoms with Crippen LogP contribution >= 0.6 is 0 Å². The van der Waals surface area contributed by atoms with E-state index in [1.807, 2.05) is 48.5 Å². The molecular formula is C33H29N7O4. The Balaban J connectivity index is 1.31. The SMILES string of the molecule is CCCc1nc2ccc(OC(=O)c3cccnc3)cc2c(=O)n1Cc1ccc(-c2ccccc2-c2nnnn2COC)cc1. The van der Waals surface area contributed by atoms with E-state index in [1.165, 1.54) is 6.20 Å². The lowest BCUT2D eigenvalue weighted by Crippen LogP contribution is -2.26. The fraction of sp³-hybridized carbons (Fsp3) is 0.182. The van der Waals surface area contributed by atoms with Crippen molar-refractivity contribution in [3.8, 4) is 28.3 Å². The molecule has 0 unspecified atom stereocenters. The highest BCUT2D eigenvalue weighted by Gasteiger charge is 2.16. The molecule has 0 aliphatic carbocycles. The van der Waals surface area contributed by atoms with E-state index in [2.05, 4.69) is 27.4 Å². The number of hydrogen-bond donors (Lipinski definition) is 0. The molecule has 6 rings (SSSR count). The molecule has 44 heavy (non-hydrogen) atoms. The molecule has 0 spiro atoms. The number of methoxy groups -OCH3 is 1. The molecule has 11 nitrogen and oxygen atoms in total. The fourth-order valence-corrected chi connectivity index (χ4v) is 5.05. The quantitative estimate of drug-likeness (QED) is 0.162. The van der Waals surface area contributed by atoms with Crippen molar-refractivity contribution in [2.75, 3.05) is 7.11 Å². The van der Waals surface area contributed by atoms with E-state index in [4.69, 9.17) is 14.5 Å². The number of benzene rings is 3. The highest BCUT2D eigenvalue weighted by molar-refractivity contribution is 5.91. The minimum absolute atomic E-state index is 0.197. The topological polar surface area (TPSA) is 127 Å². The van der Waals surface area contributed by atoms with Crippen molar-refractivity contribution >= 4 is 16.9 Å². The van der Waals surface area contributed by atoms with Crippen molar-refractivity contribution < 1.29 is 14.3 Å². The van der Waals surface area contributed by atoms with Gasteiger partial charge < -0.3 is 9.47 Å². The van der Waals surface area contributed by atoms with Crippen LogP contribution in [0.4, 0.5) is 0 Å². The Morgan fingerprint density at radius 2 is 1.77 bits per heavy atom. The molecule has 0 atom stereocenters. The summed E-state index contributed by atoms with van der Waals surface area (Å²) in [5.74, 6) is 1.02. The van der Waals surface area contributed by atoms with Gasteiger partial charge in [0.25, 0.3) is 5.56 Å². The molecule has 220 valence electrons. The van der Waals surface area contributed by atoms with Crippen molar-refractivity contribution in [1.29, 1.82) is 0 Å². The van der Waals surface area contributed by atoms with Gasteiger partial charge in [0.1, 0.15) is 18.3 Å². The molecule has 0 radical (unpaired) electrons. The molecule has 3 aromatic heterocycles. The van der Waals surface area contributed by atoms with Crippen LogP contribution in [0.25, 0.3) is 33.4 Å². The highest BCUT2D eigenvalue weighted by atomic mass is 16.5. The summed E-state index contributed by atoms with van der Waals surface area (Å²) < 4.78 is 14.1. The molecule has 0 fully saturated rings. The van der Waals surface area contributed by atoms with E-state index in [1.54, 1.807) is 52.9 Å². The van der Waals surface area contributed by atoms with Crippen LogP contribution in [0.5, 0.6) is 5.75 Å². The van der Waals surface area contributed by atoms with Crippen molar-refractivity contribution in [2.24, 2.45) is 0 Å². The number of carbonyl (C=O) groups is 1. The molecule has 0 aliphatic rings. The minimum Gasteiger partial charge on any atom is -0.423 e. The molecule has 0 saturated heterocycles. The van der Waals surface area contributed by atoms with Crippen LogP contribution in [0.3, 0.4) is 0 Å². The summed E-state index contributed by atoms with van der Waals surface area (Å²) >= 11 is 0. The molecule has 6 aromatic rings. The third-order valence-corrected chi connectivity index (χ3v) is 7.14. The second-order valence-corrected chi connectivity index (χ2v) is 10.1. The Bertz CT molecular complexity index is 1990. The number of hydrogen-bond acceptors (Lipinski definition) is 9. The predicted octanol–water partition coefficient (Wildman–Crippen LogP) is 4.94. The molecular weight excluding hydrogens is 558 g/mol. The van der Waals surface area contributed by atoms with Gasteiger partial charge in [-0.3, -0.25) is 14.3 Å². The van der Waals surface area contributed by atoms with E-state index in [-0.39, 0.29) is 18.0 Å². The smallest absolute Gasteiger partial charge is 0.345 e. The molecule has 0 saturated carbocycles. The number of aryl methyl sites for hydroxylation is 1. The van der Waals surface area contributed by atoms with Crippen molar-refractivity contribution in [3.05, 3.63) is 119 Å². The maximum Gasteiger partial charge on any atom is 0.345 e. The molecule has 0 N–H and O–H groups in total. The van der Waals surface area contributed by atoms with Crippen LogP contribution in [-0.4, -0.2) is 47.8 Å². The van der Waals surface area contributed by atoms with Crippen LogP contribution in [0, 0.1) is 0 Å². The first-order valence-electron chi connectivity index (χ1n) is 14.1. The van der Waals surface area contributed by atoms with Crippen LogP contribution in [0.15, 0.2) is 96.1 Å². The van der Waals surface area contributed by atoms with Gasteiger partial charge in [0.05, 0.1) is 23.0 Å². The largest absolute Gasteiger partial charge is 0.423 e. The second kappa shape index (κ2) is 12.8. The molecule has 0 bridgehead atoms. The first-order chi connectivity index (χ1) is 21.6. The summed E-state index contributed by atoms with van der Waals surface area (Å²) in [6, 6.07) is 24.2. The number of carbonyl (C=O) groups excluding carboxylic acids is 1. The van der Waals surface area contributed by atoms with Crippen LogP contribution in [-0.2, 0) is 24.4 Å². The third kappa shape index (κ3) is 5.86. The number of tetrazole rings is 1. The van der Waals surface area contributed by atoms with E-state index < -0.39 is 5.97 Å². The Morgan fingerprint density at radius 1 is 0.955 bits per heavy atom. The monoisotopic (exact) mass is 587 g/mol. The maximum absolute atomic E-state index is 13.8. The lowest BCUT2D eigenvalue weighted by Gasteiger charge is -2.15. The van der Waals surface area contributed by atoms with Crippen molar-refractivity contribution in [2.45, 2.75) is 33.0 Å². The average molecular weight is 588 g/mol. The predicted molar refractivity (Wildman–Crippen MR) is 164 cm³/mol. The second-order valence-electron chi connectivity index (χ2n) is 10.1. The van der Waals surface area contributed by atoms with Crippen molar-refractivity contribution in [1.82, 2.24) is 34.7 Å². The summed E-state index contributed by atoms with van der Waals surface area (Å²) in [6.07, 6.45) is 4.49. The van der Waals surface area contributed by atoms with Crippen LogP contribution in [0.1, 0.15) is 35.1 Å². The van der Waals surface area contributed by atoms with Gasteiger partial charge in [-0.1, -0.05) is 55.5 Å². The lowest BCUT2D eigenvalue weighted by molar-refractivity contribution is 0.0734. The summed E-state index contributed by atoms with van der Waals surface area (Å²) in [5.41, 5.74) is 4.44. The van der Waals surface area contributed by atoms with E-state index >= 15 is 0 Å². The number of fused-ring (bicyclic) bond motifs is 1. The molecule has 11 heteroatoms. The van der Waals surface area contributed by atoms with Crippen molar-refractivity contribution in [3.63, 3.8) is 0 Å². The summed E-state index contributed by atoms with van der Waals surface area (Å²) in [5, 5.41) is 12.4. The first-order valence-corrected chi connectivity index (χ1v) is 14.1. The number of aromatic nitrogens is 7. The zero-order valence-electron chi connectivity index (χ0n) is 24.3.